The second kappa shape index (κ2) is 7.98. The van der Waals surface area contributed by atoms with Crippen LogP contribution in [0, 0.1) is 0 Å². The molecule has 130 valence electrons. The predicted octanol–water partition coefficient (Wildman–Crippen LogP) is 2.41. The molecular weight excluding hydrogens is 348 g/mol. The number of fused-ring (bicyclic) bond motifs is 1. The summed E-state index contributed by atoms with van der Waals surface area (Å²) in [5.74, 6) is 0.774. The van der Waals surface area contributed by atoms with Crippen molar-refractivity contribution >= 4 is 22.4 Å². The molecule has 0 aliphatic carbocycles. The first kappa shape index (κ1) is 18.7. The van der Waals surface area contributed by atoms with Gasteiger partial charge in [-0.1, -0.05) is 30.3 Å². The second-order valence-electron chi connectivity index (χ2n) is 5.59. The molecular formula is C17H21ClN2O3S. The molecule has 1 aliphatic rings. The van der Waals surface area contributed by atoms with Crippen molar-refractivity contribution in [2.75, 3.05) is 13.2 Å². The highest BCUT2D eigenvalue weighted by Gasteiger charge is 2.19. The van der Waals surface area contributed by atoms with Crippen molar-refractivity contribution in [1.29, 1.82) is 0 Å². The van der Waals surface area contributed by atoms with Gasteiger partial charge in [-0.15, -0.1) is 12.4 Å². The van der Waals surface area contributed by atoms with Crippen molar-refractivity contribution in [1.82, 2.24) is 4.72 Å². The average Bonchev–Trinajstić information content (AvgIpc) is 2.60. The van der Waals surface area contributed by atoms with Crippen LogP contribution >= 0.6 is 12.4 Å². The predicted molar refractivity (Wildman–Crippen MR) is 96.1 cm³/mol. The van der Waals surface area contributed by atoms with E-state index in [2.05, 4.69) is 4.72 Å². The molecule has 2 aromatic rings. The van der Waals surface area contributed by atoms with E-state index in [1.54, 1.807) is 18.2 Å². The van der Waals surface area contributed by atoms with Crippen LogP contribution in [0.15, 0.2) is 53.4 Å². The lowest BCUT2D eigenvalue weighted by atomic mass is 10.1. The quantitative estimate of drug-likeness (QED) is 0.849. The molecule has 0 fully saturated rings. The summed E-state index contributed by atoms with van der Waals surface area (Å²) in [5.41, 5.74) is 7.88. The molecule has 0 saturated heterocycles. The Morgan fingerprint density at radius 2 is 1.92 bits per heavy atom. The maximum Gasteiger partial charge on any atom is 0.240 e. The van der Waals surface area contributed by atoms with E-state index in [0.29, 0.717) is 6.61 Å². The fourth-order valence-corrected chi connectivity index (χ4v) is 3.72. The molecule has 2 aromatic carbocycles. The number of ether oxygens (including phenoxy) is 1. The van der Waals surface area contributed by atoms with Crippen LogP contribution in [0.25, 0.3) is 0 Å². The van der Waals surface area contributed by atoms with Crippen molar-refractivity contribution in [3.63, 3.8) is 0 Å². The summed E-state index contributed by atoms with van der Waals surface area (Å²) in [6.45, 7) is 0.837. The Morgan fingerprint density at radius 1 is 1.17 bits per heavy atom. The highest BCUT2D eigenvalue weighted by atomic mass is 35.5. The van der Waals surface area contributed by atoms with E-state index in [-0.39, 0.29) is 29.9 Å². The number of aryl methyl sites for hydroxylation is 1. The van der Waals surface area contributed by atoms with Crippen LogP contribution in [0.1, 0.15) is 23.6 Å². The van der Waals surface area contributed by atoms with Crippen LogP contribution in [0.3, 0.4) is 0 Å². The van der Waals surface area contributed by atoms with Crippen molar-refractivity contribution in [3.8, 4) is 5.75 Å². The number of sulfonamides is 1. The highest BCUT2D eigenvalue weighted by Crippen LogP contribution is 2.27. The van der Waals surface area contributed by atoms with E-state index < -0.39 is 10.0 Å². The van der Waals surface area contributed by atoms with Crippen molar-refractivity contribution in [2.24, 2.45) is 5.73 Å². The molecule has 0 amide bonds. The van der Waals surface area contributed by atoms with E-state index >= 15 is 0 Å². The Labute approximate surface area is 148 Å². The topological polar surface area (TPSA) is 81.4 Å². The molecule has 3 rings (SSSR count). The molecule has 0 saturated carbocycles. The largest absolute Gasteiger partial charge is 0.493 e. The molecule has 3 N–H and O–H groups in total. The van der Waals surface area contributed by atoms with E-state index in [9.17, 15) is 8.42 Å². The maximum atomic E-state index is 12.4. The third-order valence-electron chi connectivity index (χ3n) is 3.91. The SMILES string of the molecule is Cl.NC(CNS(=O)(=O)c1ccc2c(c1)CCCO2)c1ccccc1. The Balaban J connectivity index is 0.00000208. The third-order valence-corrected chi connectivity index (χ3v) is 5.33. The van der Waals surface area contributed by atoms with Gasteiger partial charge in [0.2, 0.25) is 10.0 Å². The Kier molecular flexibility index (Phi) is 6.23. The van der Waals surface area contributed by atoms with Crippen LogP contribution in [0.2, 0.25) is 0 Å². The van der Waals surface area contributed by atoms with E-state index in [4.69, 9.17) is 10.5 Å². The van der Waals surface area contributed by atoms with Gasteiger partial charge in [0.15, 0.2) is 0 Å². The fourth-order valence-electron chi connectivity index (χ4n) is 2.60. The molecule has 1 heterocycles. The third kappa shape index (κ3) is 4.27. The average molecular weight is 369 g/mol. The number of hydrogen-bond donors (Lipinski definition) is 2. The Bertz CT molecular complexity index is 782. The molecule has 0 radical (unpaired) electrons. The highest BCUT2D eigenvalue weighted by molar-refractivity contribution is 7.89. The minimum absolute atomic E-state index is 0. The van der Waals surface area contributed by atoms with Crippen molar-refractivity contribution < 1.29 is 13.2 Å². The monoisotopic (exact) mass is 368 g/mol. The van der Waals surface area contributed by atoms with Crippen LogP contribution in [0.5, 0.6) is 5.75 Å². The molecule has 7 heteroatoms. The van der Waals surface area contributed by atoms with Gasteiger partial charge in [0.25, 0.3) is 0 Å². The number of benzene rings is 2. The molecule has 0 spiro atoms. The van der Waals surface area contributed by atoms with Gasteiger partial charge in [-0.2, -0.15) is 0 Å². The summed E-state index contributed by atoms with van der Waals surface area (Å²) in [5, 5.41) is 0. The van der Waals surface area contributed by atoms with Gasteiger partial charge in [-0.25, -0.2) is 13.1 Å². The van der Waals surface area contributed by atoms with Crippen LogP contribution in [0.4, 0.5) is 0 Å². The van der Waals surface area contributed by atoms with Gasteiger partial charge in [0.1, 0.15) is 5.75 Å². The summed E-state index contributed by atoms with van der Waals surface area (Å²) in [7, 11) is -3.58. The van der Waals surface area contributed by atoms with E-state index in [0.717, 1.165) is 29.7 Å². The molecule has 1 atom stereocenters. The number of hydrogen-bond acceptors (Lipinski definition) is 4. The second-order valence-corrected chi connectivity index (χ2v) is 7.36. The molecule has 1 aliphatic heterocycles. The van der Waals surface area contributed by atoms with Gasteiger partial charge in [0.05, 0.1) is 11.5 Å². The summed E-state index contributed by atoms with van der Waals surface area (Å²) in [6.07, 6.45) is 1.74. The summed E-state index contributed by atoms with van der Waals surface area (Å²) >= 11 is 0. The lowest BCUT2D eigenvalue weighted by Gasteiger charge is -2.18. The molecule has 0 bridgehead atoms. The van der Waals surface area contributed by atoms with Gasteiger partial charge in [-0.3, -0.25) is 0 Å². The Hall–Kier alpha value is -1.60. The normalized spacial score (nSPS) is 14.9. The zero-order valence-electron chi connectivity index (χ0n) is 13.1. The minimum Gasteiger partial charge on any atom is -0.493 e. The van der Waals surface area contributed by atoms with Crippen molar-refractivity contribution in [3.05, 3.63) is 59.7 Å². The summed E-state index contributed by atoms with van der Waals surface area (Å²) in [4.78, 5) is 0.252. The Morgan fingerprint density at radius 3 is 2.67 bits per heavy atom. The van der Waals surface area contributed by atoms with E-state index in [1.165, 1.54) is 0 Å². The van der Waals surface area contributed by atoms with Crippen LogP contribution in [-0.4, -0.2) is 21.6 Å². The lowest BCUT2D eigenvalue weighted by molar-refractivity contribution is 0.288. The molecule has 5 nitrogen and oxygen atoms in total. The molecule has 1 unspecified atom stereocenters. The van der Waals surface area contributed by atoms with Crippen LogP contribution in [-0.2, 0) is 16.4 Å². The van der Waals surface area contributed by atoms with E-state index in [1.807, 2.05) is 30.3 Å². The number of halogens is 1. The molecule has 0 aromatic heterocycles. The first-order valence-corrected chi connectivity index (χ1v) is 9.10. The maximum absolute atomic E-state index is 12.4. The smallest absolute Gasteiger partial charge is 0.240 e. The minimum atomic E-state index is -3.58. The van der Waals surface area contributed by atoms with Gasteiger partial charge in [-0.05, 0) is 42.2 Å². The lowest BCUT2D eigenvalue weighted by Crippen LogP contribution is -2.32. The first-order chi connectivity index (χ1) is 11.1. The standard InChI is InChI=1S/C17H20N2O3S.ClH/c18-16(13-5-2-1-3-6-13)12-19-23(20,21)15-8-9-17-14(11-15)7-4-10-22-17;/h1-3,5-6,8-9,11,16,19H,4,7,10,12,18H2;1H. The van der Waals surface area contributed by atoms with Gasteiger partial charge >= 0.3 is 0 Å². The fraction of sp³-hybridized carbons (Fsp3) is 0.294. The first-order valence-electron chi connectivity index (χ1n) is 7.62. The van der Waals surface area contributed by atoms with Crippen molar-refractivity contribution in [2.45, 2.75) is 23.8 Å². The summed E-state index contributed by atoms with van der Waals surface area (Å²) < 4.78 is 33.0. The zero-order chi connectivity index (χ0) is 16.3. The number of rotatable bonds is 5. The van der Waals surface area contributed by atoms with Gasteiger partial charge < -0.3 is 10.5 Å². The van der Waals surface area contributed by atoms with Crippen LogP contribution < -0.4 is 15.2 Å². The summed E-state index contributed by atoms with van der Waals surface area (Å²) in [6, 6.07) is 14.0. The van der Waals surface area contributed by atoms with Gasteiger partial charge in [0, 0.05) is 12.6 Å². The number of nitrogens with two attached hydrogens (primary N) is 1. The number of nitrogens with one attached hydrogen (secondary N) is 1. The zero-order valence-corrected chi connectivity index (χ0v) is 14.8. The molecule has 24 heavy (non-hydrogen) atoms.